The number of carbonyl (C=O) groups excluding carboxylic acids is 1. The van der Waals surface area contributed by atoms with E-state index in [0.717, 1.165) is 30.0 Å². The highest BCUT2D eigenvalue weighted by atomic mass is 16.5. The molecule has 0 spiro atoms. The molecule has 1 aliphatic carbocycles. The molecule has 1 aliphatic rings. The van der Waals surface area contributed by atoms with Gasteiger partial charge >= 0.3 is 0 Å². The number of carbonyl (C=O) groups is 1. The van der Waals surface area contributed by atoms with E-state index in [-0.39, 0.29) is 18.6 Å². The summed E-state index contributed by atoms with van der Waals surface area (Å²) in [6.45, 7) is 6.50. The maximum absolute atomic E-state index is 12.4. The third-order valence-electron chi connectivity index (χ3n) is 4.67. The van der Waals surface area contributed by atoms with Crippen molar-refractivity contribution < 1.29 is 14.6 Å². The fraction of sp³-hybridized carbons (Fsp3) is 0.632. The third-order valence-corrected chi connectivity index (χ3v) is 4.67. The van der Waals surface area contributed by atoms with Gasteiger partial charge < -0.3 is 20.5 Å². The summed E-state index contributed by atoms with van der Waals surface area (Å²) in [5.41, 5.74) is 1.53. The number of rotatable bonds is 7. The highest BCUT2D eigenvalue weighted by Crippen LogP contribution is 2.25. The van der Waals surface area contributed by atoms with Gasteiger partial charge in [-0.2, -0.15) is 0 Å². The molecule has 1 amide bonds. The van der Waals surface area contributed by atoms with Gasteiger partial charge in [0.1, 0.15) is 11.8 Å². The molecule has 1 aromatic carbocycles. The maximum atomic E-state index is 12.4. The van der Waals surface area contributed by atoms with E-state index in [9.17, 15) is 9.90 Å². The summed E-state index contributed by atoms with van der Waals surface area (Å²) in [7, 11) is 0. The lowest BCUT2D eigenvalue weighted by molar-refractivity contribution is -0.122. The Morgan fingerprint density at radius 3 is 2.67 bits per heavy atom. The van der Waals surface area contributed by atoms with Crippen molar-refractivity contribution >= 4 is 11.6 Å². The van der Waals surface area contributed by atoms with Crippen LogP contribution >= 0.6 is 0 Å². The largest absolute Gasteiger partial charge is 0.494 e. The number of aliphatic hydroxyl groups excluding tert-OH is 1. The second-order valence-corrected chi connectivity index (χ2v) is 6.75. The van der Waals surface area contributed by atoms with Gasteiger partial charge in [-0.25, -0.2) is 0 Å². The normalized spacial score (nSPS) is 21.8. The van der Waals surface area contributed by atoms with Crippen LogP contribution in [-0.2, 0) is 11.4 Å². The number of hydrogen-bond acceptors (Lipinski definition) is 4. The minimum atomic E-state index is -0.325. The van der Waals surface area contributed by atoms with E-state index in [0.29, 0.717) is 18.4 Å². The maximum Gasteiger partial charge on any atom is 0.242 e. The van der Waals surface area contributed by atoms with E-state index >= 15 is 0 Å². The number of benzene rings is 1. The second kappa shape index (κ2) is 8.92. The van der Waals surface area contributed by atoms with Crippen LogP contribution in [0.1, 0.15) is 52.0 Å². The number of aliphatic hydroxyl groups is 1. The number of anilines is 1. The Bertz CT molecular complexity index is 539. The number of ether oxygens (including phenoxy) is 1. The predicted molar refractivity (Wildman–Crippen MR) is 96.2 cm³/mol. The minimum Gasteiger partial charge on any atom is -0.494 e. The van der Waals surface area contributed by atoms with Crippen molar-refractivity contribution in [2.24, 2.45) is 5.92 Å². The van der Waals surface area contributed by atoms with Crippen LogP contribution in [0.4, 0.5) is 5.69 Å². The van der Waals surface area contributed by atoms with Gasteiger partial charge in [0.2, 0.25) is 5.91 Å². The topological polar surface area (TPSA) is 70.6 Å². The van der Waals surface area contributed by atoms with Crippen molar-refractivity contribution in [1.82, 2.24) is 5.32 Å². The Kier molecular flexibility index (Phi) is 6.91. The van der Waals surface area contributed by atoms with E-state index in [4.69, 9.17) is 4.74 Å². The molecule has 5 heteroatoms. The van der Waals surface area contributed by atoms with E-state index in [1.165, 1.54) is 12.8 Å². The first-order valence-electron chi connectivity index (χ1n) is 8.97. The van der Waals surface area contributed by atoms with Crippen molar-refractivity contribution in [2.45, 2.75) is 65.1 Å². The molecular formula is C19H30N2O3. The van der Waals surface area contributed by atoms with Crippen molar-refractivity contribution in [3.8, 4) is 5.75 Å². The fourth-order valence-corrected chi connectivity index (χ4v) is 3.14. The quantitative estimate of drug-likeness (QED) is 0.717. The summed E-state index contributed by atoms with van der Waals surface area (Å²) in [5, 5.41) is 15.8. The number of hydrogen-bond donors (Lipinski definition) is 3. The van der Waals surface area contributed by atoms with Gasteiger partial charge in [-0.05, 0) is 63.6 Å². The van der Waals surface area contributed by atoms with Gasteiger partial charge in [0.25, 0.3) is 0 Å². The Morgan fingerprint density at radius 2 is 2.04 bits per heavy atom. The standard InChI is InChI=1S/C19H30N2O3/c1-4-24-18-10-9-17(11-15(18)12-22)20-14(3)19(23)21-16-7-5-13(2)6-8-16/h9-11,13-14,16,20,22H,4-8,12H2,1-3H3,(H,21,23). The van der Waals surface area contributed by atoms with Gasteiger partial charge in [0.05, 0.1) is 13.2 Å². The second-order valence-electron chi connectivity index (χ2n) is 6.75. The highest BCUT2D eigenvalue weighted by molar-refractivity contribution is 5.84. The summed E-state index contributed by atoms with van der Waals surface area (Å²) < 4.78 is 5.48. The molecule has 1 aromatic rings. The molecule has 24 heavy (non-hydrogen) atoms. The Hall–Kier alpha value is -1.75. The van der Waals surface area contributed by atoms with Crippen molar-refractivity contribution in [3.05, 3.63) is 23.8 Å². The molecule has 0 aromatic heterocycles. The van der Waals surface area contributed by atoms with Gasteiger partial charge in [0, 0.05) is 17.3 Å². The van der Waals surface area contributed by atoms with Crippen molar-refractivity contribution in [3.63, 3.8) is 0 Å². The van der Waals surface area contributed by atoms with E-state index in [1.807, 2.05) is 32.0 Å². The average Bonchev–Trinajstić information content (AvgIpc) is 2.58. The Labute approximate surface area is 144 Å². The van der Waals surface area contributed by atoms with Gasteiger partial charge in [-0.1, -0.05) is 6.92 Å². The molecule has 0 aliphatic heterocycles. The molecule has 0 saturated heterocycles. The van der Waals surface area contributed by atoms with Crippen LogP contribution in [0.15, 0.2) is 18.2 Å². The zero-order valence-corrected chi connectivity index (χ0v) is 15.0. The summed E-state index contributed by atoms with van der Waals surface area (Å²) in [4.78, 5) is 12.4. The molecule has 134 valence electrons. The molecule has 5 nitrogen and oxygen atoms in total. The van der Waals surface area contributed by atoms with Crippen LogP contribution in [0.2, 0.25) is 0 Å². The Morgan fingerprint density at radius 1 is 1.33 bits per heavy atom. The predicted octanol–water partition coefficient (Wildman–Crippen LogP) is 3.07. The number of nitrogens with one attached hydrogen (secondary N) is 2. The lowest BCUT2D eigenvalue weighted by atomic mass is 9.87. The molecule has 1 saturated carbocycles. The van der Waals surface area contributed by atoms with E-state index < -0.39 is 0 Å². The van der Waals surface area contributed by atoms with Gasteiger partial charge in [-0.3, -0.25) is 4.79 Å². The summed E-state index contributed by atoms with van der Waals surface area (Å²) in [6, 6.07) is 5.50. The van der Waals surface area contributed by atoms with Crippen molar-refractivity contribution in [2.75, 3.05) is 11.9 Å². The van der Waals surface area contributed by atoms with Crippen LogP contribution in [0, 0.1) is 5.92 Å². The highest BCUT2D eigenvalue weighted by Gasteiger charge is 2.22. The van der Waals surface area contributed by atoms with Crippen LogP contribution in [0.25, 0.3) is 0 Å². The zero-order chi connectivity index (χ0) is 17.5. The molecule has 3 N–H and O–H groups in total. The first kappa shape index (κ1) is 18.6. The zero-order valence-electron chi connectivity index (χ0n) is 15.0. The van der Waals surface area contributed by atoms with Crippen LogP contribution in [0.3, 0.4) is 0 Å². The molecule has 0 radical (unpaired) electrons. The lowest BCUT2D eigenvalue weighted by Gasteiger charge is -2.28. The first-order valence-corrected chi connectivity index (χ1v) is 8.97. The monoisotopic (exact) mass is 334 g/mol. The molecule has 2 rings (SSSR count). The van der Waals surface area contributed by atoms with Gasteiger partial charge in [0.15, 0.2) is 0 Å². The molecule has 1 atom stereocenters. The van der Waals surface area contributed by atoms with E-state index in [2.05, 4.69) is 17.6 Å². The SMILES string of the molecule is CCOc1ccc(NC(C)C(=O)NC2CCC(C)CC2)cc1CO. The molecule has 1 fully saturated rings. The third kappa shape index (κ3) is 5.13. The van der Waals surface area contributed by atoms with Crippen LogP contribution < -0.4 is 15.4 Å². The number of amides is 1. The molecule has 0 heterocycles. The average molecular weight is 334 g/mol. The van der Waals surface area contributed by atoms with E-state index in [1.54, 1.807) is 0 Å². The molecule has 1 unspecified atom stereocenters. The minimum absolute atomic E-state index is 0.0222. The fourth-order valence-electron chi connectivity index (χ4n) is 3.14. The Balaban J connectivity index is 1.91. The summed E-state index contributed by atoms with van der Waals surface area (Å²) >= 11 is 0. The lowest BCUT2D eigenvalue weighted by Crippen LogP contribution is -2.44. The van der Waals surface area contributed by atoms with Crippen LogP contribution in [0.5, 0.6) is 5.75 Å². The van der Waals surface area contributed by atoms with Crippen LogP contribution in [-0.4, -0.2) is 29.7 Å². The van der Waals surface area contributed by atoms with Crippen molar-refractivity contribution in [1.29, 1.82) is 0 Å². The summed E-state index contributed by atoms with van der Waals surface area (Å²) in [6.07, 6.45) is 4.51. The first-order chi connectivity index (χ1) is 11.5. The summed E-state index contributed by atoms with van der Waals surface area (Å²) in [5.74, 6) is 1.47. The van der Waals surface area contributed by atoms with Gasteiger partial charge in [-0.15, -0.1) is 0 Å². The smallest absolute Gasteiger partial charge is 0.242 e. The molecular weight excluding hydrogens is 304 g/mol. The molecule has 0 bridgehead atoms.